The summed E-state index contributed by atoms with van der Waals surface area (Å²) < 4.78 is 25.7. The van der Waals surface area contributed by atoms with Crippen molar-refractivity contribution in [2.45, 2.75) is 27.7 Å². The number of hydrogen-bond donors (Lipinski definition) is 2. The molecule has 0 saturated heterocycles. The summed E-state index contributed by atoms with van der Waals surface area (Å²) in [6.07, 6.45) is -1.50. The van der Waals surface area contributed by atoms with Crippen molar-refractivity contribution in [3.8, 4) is 0 Å². The van der Waals surface area contributed by atoms with E-state index in [2.05, 4.69) is 11.3 Å². The number of nitrogens with one attached hydrogen (secondary N) is 1. The van der Waals surface area contributed by atoms with Gasteiger partial charge in [-0.25, -0.2) is 17.8 Å². The first-order valence-corrected chi connectivity index (χ1v) is 8.25. The number of anilines is 1. The van der Waals surface area contributed by atoms with Gasteiger partial charge < -0.3 is 5.11 Å². The Labute approximate surface area is 129 Å². The standard InChI is InChI=1S/C14H20N2O5S/c1-6-22(20,21)15-10-7-8-11(9(2)14(3,4)5)16(12(10)17)13(18)19/h7-8,15H,2,6H2,1,3-5H3,(H,18,19). The summed E-state index contributed by atoms with van der Waals surface area (Å²) in [4.78, 5) is 23.7. The van der Waals surface area contributed by atoms with E-state index in [1.54, 1.807) is 0 Å². The summed E-state index contributed by atoms with van der Waals surface area (Å²) in [7, 11) is -3.68. The molecule has 1 aromatic rings. The molecule has 0 saturated carbocycles. The molecule has 0 aliphatic rings. The van der Waals surface area contributed by atoms with Crippen molar-refractivity contribution in [3.05, 3.63) is 34.8 Å². The van der Waals surface area contributed by atoms with Crippen LogP contribution in [0.4, 0.5) is 10.5 Å². The topological polar surface area (TPSA) is 105 Å². The lowest BCUT2D eigenvalue weighted by molar-refractivity contribution is 0.195. The number of carboxylic acid groups (broad SMARTS) is 1. The van der Waals surface area contributed by atoms with E-state index in [0.29, 0.717) is 10.1 Å². The Morgan fingerprint density at radius 1 is 1.36 bits per heavy atom. The summed E-state index contributed by atoms with van der Waals surface area (Å²) in [6, 6.07) is 2.62. The van der Waals surface area contributed by atoms with Crippen LogP contribution in [0.25, 0.3) is 5.57 Å². The van der Waals surface area contributed by atoms with Crippen LogP contribution < -0.4 is 10.3 Å². The molecule has 8 heteroatoms. The van der Waals surface area contributed by atoms with E-state index < -0.39 is 27.1 Å². The second-order valence-corrected chi connectivity index (χ2v) is 7.80. The van der Waals surface area contributed by atoms with Gasteiger partial charge in [-0.3, -0.25) is 9.52 Å². The lowest BCUT2D eigenvalue weighted by atomic mass is 9.85. The summed E-state index contributed by atoms with van der Waals surface area (Å²) in [5.74, 6) is -0.226. The van der Waals surface area contributed by atoms with Crippen LogP contribution in [0.3, 0.4) is 0 Å². The Morgan fingerprint density at radius 3 is 2.32 bits per heavy atom. The number of hydrogen-bond acceptors (Lipinski definition) is 4. The first kappa shape index (κ1) is 18.0. The number of rotatable bonds is 4. The summed E-state index contributed by atoms with van der Waals surface area (Å²) >= 11 is 0. The molecule has 0 bridgehead atoms. The Kier molecular flexibility index (Phi) is 4.86. The quantitative estimate of drug-likeness (QED) is 0.881. The molecule has 0 aliphatic heterocycles. The Bertz CT molecular complexity index is 769. The molecule has 122 valence electrons. The zero-order chi connectivity index (χ0) is 17.3. The van der Waals surface area contributed by atoms with Crippen molar-refractivity contribution in [1.82, 2.24) is 4.57 Å². The van der Waals surface area contributed by atoms with Gasteiger partial charge in [-0.1, -0.05) is 27.4 Å². The summed E-state index contributed by atoms with van der Waals surface area (Å²) in [5.41, 5.74) is -1.13. The van der Waals surface area contributed by atoms with Gasteiger partial charge in [0.15, 0.2) is 0 Å². The number of carbonyl (C=O) groups is 1. The Hall–Kier alpha value is -2.09. The van der Waals surface area contributed by atoms with Crippen molar-refractivity contribution in [2.24, 2.45) is 5.41 Å². The number of aromatic nitrogens is 1. The van der Waals surface area contributed by atoms with Gasteiger partial charge in [-0.05, 0) is 30.0 Å². The average Bonchev–Trinajstić information content (AvgIpc) is 2.38. The molecular formula is C14H20N2O5S. The van der Waals surface area contributed by atoms with Crippen molar-refractivity contribution in [2.75, 3.05) is 10.5 Å². The highest BCUT2D eigenvalue weighted by Gasteiger charge is 2.24. The van der Waals surface area contributed by atoms with Gasteiger partial charge in [-0.2, -0.15) is 0 Å². The predicted octanol–water partition coefficient (Wildman–Crippen LogP) is 2.20. The average molecular weight is 328 g/mol. The molecular weight excluding hydrogens is 308 g/mol. The zero-order valence-corrected chi connectivity index (χ0v) is 13.8. The molecule has 22 heavy (non-hydrogen) atoms. The highest BCUT2D eigenvalue weighted by molar-refractivity contribution is 7.92. The van der Waals surface area contributed by atoms with Gasteiger partial charge in [0.25, 0.3) is 5.56 Å². The van der Waals surface area contributed by atoms with Crippen LogP contribution in [0.2, 0.25) is 0 Å². The minimum atomic E-state index is -3.68. The molecule has 1 aromatic heterocycles. The molecule has 0 spiro atoms. The highest BCUT2D eigenvalue weighted by Crippen LogP contribution is 2.32. The Morgan fingerprint density at radius 2 is 1.91 bits per heavy atom. The normalized spacial score (nSPS) is 12.0. The van der Waals surface area contributed by atoms with Crippen LogP contribution in [0.5, 0.6) is 0 Å². The van der Waals surface area contributed by atoms with Gasteiger partial charge in [0.1, 0.15) is 5.69 Å². The summed E-state index contributed by atoms with van der Waals surface area (Å²) in [6.45, 7) is 10.7. The minimum absolute atomic E-state index is 0.129. The van der Waals surface area contributed by atoms with Gasteiger partial charge >= 0.3 is 6.09 Å². The molecule has 0 atom stereocenters. The molecule has 2 N–H and O–H groups in total. The number of nitrogens with zero attached hydrogens (tertiary/aromatic N) is 1. The van der Waals surface area contributed by atoms with E-state index in [0.717, 1.165) is 0 Å². The monoisotopic (exact) mass is 328 g/mol. The van der Waals surface area contributed by atoms with Crippen LogP contribution >= 0.6 is 0 Å². The maximum absolute atomic E-state index is 12.3. The largest absolute Gasteiger partial charge is 0.464 e. The molecule has 0 radical (unpaired) electrons. The third-order valence-electron chi connectivity index (χ3n) is 3.13. The van der Waals surface area contributed by atoms with Crippen molar-refractivity contribution < 1.29 is 18.3 Å². The Balaban J connectivity index is 3.56. The third kappa shape index (κ3) is 3.76. The fourth-order valence-electron chi connectivity index (χ4n) is 1.66. The zero-order valence-electron chi connectivity index (χ0n) is 13.0. The lowest BCUT2D eigenvalue weighted by Crippen LogP contribution is -2.33. The first-order chi connectivity index (χ1) is 9.90. The van der Waals surface area contributed by atoms with E-state index >= 15 is 0 Å². The minimum Gasteiger partial charge on any atom is -0.464 e. The van der Waals surface area contributed by atoms with Crippen molar-refractivity contribution >= 4 is 27.4 Å². The van der Waals surface area contributed by atoms with Crippen LogP contribution in [0.15, 0.2) is 23.5 Å². The molecule has 0 aliphatic carbocycles. The van der Waals surface area contributed by atoms with E-state index in [4.69, 9.17) is 0 Å². The SMILES string of the molecule is C=C(c1ccc(NS(=O)(=O)CC)c(=O)n1C(=O)O)C(C)(C)C. The maximum atomic E-state index is 12.3. The smallest absolute Gasteiger partial charge is 0.419 e. The molecule has 0 fully saturated rings. The fourth-order valence-corrected chi connectivity index (χ4v) is 2.30. The second-order valence-electron chi connectivity index (χ2n) is 5.79. The van der Waals surface area contributed by atoms with Crippen LogP contribution in [0.1, 0.15) is 33.4 Å². The lowest BCUT2D eigenvalue weighted by Gasteiger charge is -2.23. The molecule has 1 heterocycles. The number of pyridine rings is 1. The van der Waals surface area contributed by atoms with Gasteiger partial charge in [0, 0.05) is 0 Å². The van der Waals surface area contributed by atoms with E-state index in [1.807, 2.05) is 20.8 Å². The predicted molar refractivity (Wildman–Crippen MR) is 85.7 cm³/mol. The number of allylic oxidation sites excluding steroid dienone is 1. The molecule has 7 nitrogen and oxygen atoms in total. The summed E-state index contributed by atoms with van der Waals surface area (Å²) in [5, 5.41) is 9.29. The van der Waals surface area contributed by atoms with E-state index in [-0.39, 0.29) is 17.1 Å². The van der Waals surface area contributed by atoms with Crippen molar-refractivity contribution in [3.63, 3.8) is 0 Å². The second kappa shape index (κ2) is 5.96. The maximum Gasteiger partial charge on any atom is 0.419 e. The van der Waals surface area contributed by atoms with Crippen LogP contribution in [-0.2, 0) is 10.0 Å². The third-order valence-corrected chi connectivity index (χ3v) is 4.42. The van der Waals surface area contributed by atoms with Gasteiger partial charge in [0.05, 0.1) is 11.4 Å². The molecule has 1 rings (SSSR count). The van der Waals surface area contributed by atoms with Gasteiger partial charge in [-0.15, -0.1) is 0 Å². The van der Waals surface area contributed by atoms with E-state index in [1.165, 1.54) is 19.1 Å². The van der Waals surface area contributed by atoms with E-state index in [9.17, 15) is 23.1 Å². The number of sulfonamides is 1. The first-order valence-electron chi connectivity index (χ1n) is 6.60. The fraction of sp³-hybridized carbons (Fsp3) is 0.429. The van der Waals surface area contributed by atoms with Crippen LogP contribution in [0, 0.1) is 5.41 Å². The van der Waals surface area contributed by atoms with Gasteiger partial charge in [0.2, 0.25) is 10.0 Å². The molecule has 0 unspecified atom stereocenters. The van der Waals surface area contributed by atoms with Crippen molar-refractivity contribution in [1.29, 1.82) is 0 Å². The molecule has 0 amide bonds. The van der Waals surface area contributed by atoms with Crippen LogP contribution in [-0.4, -0.2) is 29.9 Å². The molecule has 0 aromatic carbocycles. The highest BCUT2D eigenvalue weighted by atomic mass is 32.2.